The number of carbonyl (C=O) groups is 2. The highest BCUT2D eigenvalue weighted by Crippen LogP contribution is 2.21. The van der Waals surface area contributed by atoms with E-state index in [-0.39, 0.29) is 11.7 Å². The number of carbonyl (C=O) groups excluding carboxylic acids is 1. The molecule has 1 aromatic rings. The van der Waals surface area contributed by atoms with E-state index >= 15 is 0 Å². The maximum absolute atomic E-state index is 11.5. The van der Waals surface area contributed by atoms with Gasteiger partial charge >= 0.3 is 12.0 Å². The van der Waals surface area contributed by atoms with Crippen molar-refractivity contribution in [3.05, 3.63) is 23.8 Å². The van der Waals surface area contributed by atoms with Crippen LogP contribution in [-0.4, -0.2) is 41.5 Å². The van der Waals surface area contributed by atoms with E-state index in [9.17, 15) is 14.7 Å². The van der Waals surface area contributed by atoms with E-state index < -0.39 is 17.7 Å². The number of rotatable bonds is 6. The third-order valence-electron chi connectivity index (χ3n) is 2.32. The molecule has 0 radical (unpaired) electrons. The van der Waals surface area contributed by atoms with Gasteiger partial charge in [0.15, 0.2) is 0 Å². The van der Waals surface area contributed by atoms with Crippen molar-refractivity contribution in [1.82, 2.24) is 5.32 Å². The number of urea groups is 1. The second-order valence-electron chi connectivity index (χ2n) is 4.34. The van der Waals surface area contributed by atoms with E-state index in [1.54, 1.807) is 0 Å². The third kappa shape index (κ3) is 5.15. The molecule has 0 saturated heterocycles. The topological polar surface area (TPSA) is 108 Å². The number of aromatic hydroxyl groups is 1. The predicted octanol–water partition coefficient (Wildman–Crippen LogP) is 1.64. The fraction of sp³-hybridized carbons (Fsp3) is 0.385. The van der Waals surface area contributed by atoms with Gasteiger partial charge in [0.1, 0.15) is 11.3 Å². The van der Waals surface area contributed by atoms with Crippen LogP contribution in [0, 0.1) is 0 Å². The van der Waals surface area contributed by atoms with Crippen LogP contribution in [0.2, 0.25) is 0 Å². The van der Waals surface area contributed by atoms with Crippen molar-refractivity contribution in [2.75, 3.05) is 18.5 Å². The molecule has 0 fully saturated rings. The molecule has 0 aromatic heterocycles. The molecule has 110 valence electrons. The van der Waals surface area contributed by atoms with Crippen LogP contribution in [0.15, 0.2) is 18.2 Å². The maximum atomic E-state index is 11.5. The highest BCUT2D eigenvalue weighted by molar-refractivity contribution is 5.93. The Morgan fingerprint density at radius 1 is 1.35 bits per heavy atom. The summed E-state index contributed by atoms with van der Waals surface area (Å²) in [5.74, 6) is -1.64. The Morgan fingerprint density at radius 3 is 2.60 bits per heavy atom. The van der Waals surface area contributed by atoms with Gasteiger partial charge in [0, 0.05) is 18.3 Å². The number of hydrogen-bond donors (Lipinski definition) is 4. The van der Waals surface area contributed by atoms with E-state index in [1.807, 2.05) is 13.8 Å². The highest BCUT2D eigenvalue weighted by atomic mass is 16.5. The molecule has 0 atom stereocenters. The van der Waals surface area contributed by atoms with Gasteiger partial charge in [0.25, 0.3) is 0 Å². The van der Waals surface area contributed by atoms with Gasteiger partial charge in [-0.1, -0.05) is 0 Å². The summed E-state index contributed by atoms with van der Waals surface area (Å²) in [6.45, 7) is 4.54. The Labute approximate surface area is 116 Å². The smallest absolute Gasteiger partial charge is 0.339 e. The summed E-state index contributed by atoms with van der Waals surface area (Å²) in [5.41, 5.74) is 0.0797. The first-order valence-electron chi connectivity index (χ1n) is 6.13. The zero-order valence-corrected chi connectivity index (χ0v) is 11.3. The number of anilines is 1. The summed E-state index contributed by atoms with van der Waals surface area (Å²) in [5, 5.41) is 23.3. The van der Waals surface area contributed by atoms with Crippen LogP contribution < -0.4 is 10.6 Å². The molecule has 1 aromatic carbocycles. The minimum Gasteiger partial charge on any atom is -0.507 e. The molecule has 0 saturated carbocycles. The number of aromatic carboxylic acids is 1. The zero-order valence-electron chi connectivity index (χ0n) is 11.3. The van der Waals surface area contributed by atoms with E-state index in [4.69, 9.17) is 9.84 Å². The van der Waals surface area contributed by atoms with Crippen molar-refractivity contribution in [2.24, 2.45) is 0 Å². The van der Waals surface area contributed by atoms with Crippen molar-refractivity contribution in [3.8, 4) is 5.75 Å². The molecule has 0 aliphatic rings. The van der Waals surface area contributed by atoms with Crippen molar-refractivity contribution in [1.29, 1.82) is 0 Å². The van der Waals surface area contributed by atoms with Gasteiger partial charge in [-0.2, -0.15) is 0 Å². The molecule has 4 N–H and O–H groups in total. The van der Waals surface area contributed by atoms with Crippen molar-refractivity contribution < 1.29 is 24.5 Å². The van der Waals surface area contributed by atoms with Gasteiger partial charge in [0.05, 0.1) is 12.7 Å². The quantitative estimate of drug-likeness (QED) is 0.593. The maximum Gasteiger partial charge on any atom is 0.339 e. The molecule has 0 spiro atoms. The number of nitrogens with one attached hydrogen (secondary N) is 2. The molecule has 0 heterocycles. The van der Waals surface area contributed by atoms with Crippen LogP contribution in [0.4, 0.5) is 10.5 Å². The summed E-state index contributed by atoms with van der Waals surface area (Å²) >= 11 is 0. The average Bonchev–Trinajstić information content (AvgIpc) is 2.34. The van der Waals surface area contributed by atoms with Crippen LogP contribution in [0.5, 0.6) is 5.75 Å². The number of carboxylic acids is 1. The second kappa shape index (κ2) is 7.34. The van der Waals surface area contributed by atoms with Gasteiger partial charge < -0.3 is 25.6 Å². The Hall–Kier alpha value is -2.28. The molecule has 20 heavy (non-hydrogen) atoms. The Kier molecular flexibility index (Phi) is 5.79. The molecule has 7 heteroatoms. The lowest BCUT2D eigenvalue weighted by Gasteiger charge is -2.10. The molecule has 0 unspecified atom stereocenters. The van der Waals surface area contributed by atoms with Crippen molar-refractivity contribution >= 4 is 17.7 Å². The molecular weight excluding hydrogens is 264 g/mol. The largest absolute Gasteiger partial charge is 0.507 e. The minimum atomic E-state index is -1.23. The highest BCUT2D eigenvalue weighted by Gasteiger charge is 2.10. The number of carboxylic acid groups (broad SMARTS) is 1. The number of benzene rings is 1. The van der Waals surface area contributed by atoms with Crippen LogP contribution >= 0.6 is 0 Å². The summed E-state index contributed by atoms with van der Waals surface area (Å²) in [6, 6.07) is 3.33. The number of hydrogen-bond acceptors (Lipinski definition) is 4. The SMILES string of the molecule is CC(C)OCCNC(=O)Nc1ccc(C(=O)O)c(O)c1. The normalized spacial score (nSPS) is 10.3. The monoisotopic (exact) mass is 282 g/mol. The first kappa shape index (κ1) is 15.8. The van der Waals surface area contributed by atoms with Crippen LogP contribution in [0.25, 0.3) is 0 Å². The number of phenols is 1. The van der Waals surface area contributed by atoms with E-state index in [0.717, 1.165) is 0 Å². The average molecular weight is 282 g/mol. The van der Waals surface area contributed by atoms with E-state index in [0.29, 0.717) is 18.8 Å². The van der Waals surface area contributed by atoms with Gasteiger partial charge in [-0.25, -0.2) is 9.59 Å². The molecule has 0 aliphatic heterocycles. The Balaban J connectivity index is 2.46. The summed E-state index contributed by atoms with van der Waals surface area (Å²) < 4.78 is 5.26. The van der Waals surface area contributed by atoms with Crippen molar-refractivity contribution in [3.63, 3.8) is 0 Å². The Bertz CT molecular complexity index is 488. The first-order chi connectivity index (χ1) is 9.40. The van der Waals surface area contributed by atoms with Crippen LogP contribution in [0.3, 0.4) is 0 Å². The van der Waals surface area contributed by atoms with Gasteiger partial charge in [0.2, 0.25) is 0 Å². The van der Waals surface area contributed by atoms with Gasteiger partial charge in [-0.3, -0.25) is 0 Å². The lowest BCUT2D eigenvalue weighted by Crippen LogP contribution is -2.32. The van der Waals surface area contributed by atoms with E-state index in [2.05, 4.69) is 10.6 Å². The van der Waals surface area contributed by atoms with E-state index in [1.165, 1.54) is 18.2 Å². The summed E-state index contributed by atoms with van der Waals surface area (Å²) in [4.78, 5) is 22.2. The summed E-state index contributed by atoms with van der Waals surface area (Å²) in [7, 11) is 0. The standard InChI is InChI=1S/C13H18N2O5/c1-8(2)20-6-5-14-13(19)15-9-3-4-10(12(17)18)11(16)7-9/h3-4,7-8,16H,5-6H2,1-2H3,(H,17,18)(H2,14,15,19). The lowest BCUT2D eigenvalue weighted by atomic mass is 10.2. The number of ether oxygens (including phenoxy) is 1. The van der Waals surface area contributed by atoms with Crippen molar-refractivity contribution in [2.45, 2.75) is 20.0 Å². The predicted molar refractivity (Wildman–Crippen MR) is 73.2 cm³/mol. The fourth-order valence-electron chi connectivity index (χ4n) is 1.42. The molecule has 2 amide bonds. The second-order valence-corrected chi connectivity index (χ2v) is 4.34. The number of amides is 2. The molecule has 0 aliphatic carbocycles. The summed E-state index contributed by atoms with van der Waals surface area (Å²) in [6.07, 6.45) is 0.0976. The molecule has 7 nitrogen and oxygen atoms in total. The van der Waals surface area contributed by atoms with Gasteiger partial charge in [-0.15, -0.1) is 0 Å². The van der Waals surface area contributed by atoms with Gasteiger partial charge in [-0.05, 0) is 26.0 Å². The molecule has 1 rings (SSSR count). The lowest BCUT2D eigenvalue weighted by molar-refractivity contribution is 0.0693. The third-order valence-corrected chi connectivity index (χ3v) is 2.32. The van der Waals surface area contributed by atoms with Crippen LogP contribution in [-0.2, 0) is 4.74 Å². The Morgan fingerprint density at radius 2 is 2.05 bits per heavy atom. The minimum absolute atomic E-state index is 0.0976. The van der Waals surface area contributed by atoms with Crippen LogP contribution in [0.1, 0.15) is 24.2 Å². The zero-order chi connectivity index (χ0) is 15.1. The first-order valence-corrected chi connectivity index (χ1v) is 6.13. The fourth-order valence-corrected chi connectivity index (χ4v) is 1.42. The molecular formula is C13H18N2O5. The molecule has 0 bridgehead atoms.